The molecule has 0 aliphatic carbocycles. The van der Waals surface area contributed by atoms with Gasteiger partial charge in [0.1, 0.15) is 0 Å². The standard InChI is InChI=1S/C12H9F6NO2/c1-7-10(11(13,14)15,12(16,17)18)21-9(20)19(7)8-5-3-2-4-6-8/h2-7H,1H3. The van der Waals surface area contributed by atoms with E-state index in [0.29, 0.717) is 11.8 Å². The average molecular weight is 313 g/mol. The summed E-state index contributed by atoms with van der Waals surface area (Å²) in [5.41, 5.74) is -4.65. The zero-order valence-electron chi connectivity index (χ0n) is 10.5. The topological polar surface area (TPSA) is 29.5 Å². The number of benzene rings is 1. The van der Waals surface area contributed by atoms with Gasteiger partial charge >= 0.3 is 24.0 Å². The summed E-state index contributed by atoms with van der Waals surface area (Å²) in [6.45, 7) is 0.652. The minimum absolute atomic E-state index is 0.106. The van der Waals surface area contributed by atoms with Crippen LogP contribution in [0.3, 0.4) is 0 Å². The molecule has 116 valence electrons. The van der Waals surface area contributed by atoms with Crippen LogP contribution < -0.4 is 4.90 Å². The number of para-hydroxylation sites is 1. The summed E-state index contributed by atoms with van der Waals surface area (Å²) in [5, 5.41) is 0. The van der Waals surface area contributed by atoms with Gasteiger partial charge in [0.2, 0.25) is 0 Å². The van der Waals surface area contributed by atoms with E-state index in [-0.39, 0.29) is 5.69 Å². The normalized spacial score (nSPS) is 22.3. The van der Waals surface area contributed by atoms with Gasteiger partial charge in [-0.25, -0.2) is 4.79 Å². The molecule has 3 nitrogen and oxygen atoms in total. The monoisotopic (exact) mass is 313 g/mol. The third-order valence-corrected chi connectivity index (χ3v) is 3.30. The molecule has 1 aromatic carbocycles. The molecule has 1 amide bonds. The highest BCUT2D eigenvalue weighted by Crippen LogP contribution is 2.53. The van der Waals surface area contributed by atoms with E-state index in [1.165, 1.54) is 30.3 Å². The van der Waals surface area contributed by atoms with Crippen LogP contribution >= 0.6 is 0 Å². The molecule has 9 heteroatoms. The van der Waals surface area contributed by atoms with Crippen LogP contribution in [0.4, 0.5) is 36.8 Å². The molecule has 0 aromatic heterocycles. The number of rotatable bonds is 1. The highest BCUT2D eigenvalue weighted by molar-refractivity contribution is 5.91. The van der Waals surface area contributed by atoms with Crippen LogP contribution in [0.1, 0.15) is 6.92 Å². The number of amides is 1. The van der Waals surface area contributed by atoms with Crippen LogP contribution in [0.25, 0.3) is 0 Å². The van der Waals surface area contributed by atoms with Crippen LogP contribution in [-0.2, 0) is 4.74 Å². The molecule has 1 aromatic rings. The number of ether oxygens (including phenoxy) is 1. The number of hydrogen-bond acceptors (Lipinski definition) is 2. The maximum Gasteiger partial charge on any atom is 0.439 e. The van der Waals surface area contributed by atoms with E-state index in [2.05, 4.69) is 4.74 Å². The first-order chi connectivity index (χ1) is 9.52. The van der Waals surface area contributed by atoms with E-state index in [0.717, 1.165) is 0 Å². The Labute approximate surface area is 115 Å². The largest absolute Gasteiger partial charge is 0.439 e. The quantitative estimate of drug-likeness (QED) is 0.736. The molecular formula is C12H9F6NO2. The fourth-order valence-electron chi connectivity index (χ4n) is 2.28. The van der Waals surface area contributed by atoms with E-state index in [1.54, 1.807) is 0 Å². The molecule has 0 spiro atoms. The number of anilines is 1. The maximum absolute atomic E-state index is 13.0. The minimum atomic E-state index is -5.79. The van der Waals surface area contributed by atoms with Crippen molar-refractivity contribution in [1.82, 2.24) is 0 Å². The van der Waals surface area contributed by atoms with Gasteiger partial charge < -0.3 is 4.74 Å². The number of alkyl halides is 6. The maximum atomic E-state index is 13.0. The smallest absolute Gasteiger partial charge is 0.421 e. The van der Waals surface area contributed by atoms with Crippen molar-refractivity contribution in [3.05, 3.63) is 30.3 Å². The van der Waals surface area contributed by atoms with E-state index >= 15 is 0 Å². The summed E-state index contributed by atoms with van der Waals surface area (Å²) >= 11 is 0. The van der Waals surface area contributed by atoms with Crippen molar-refractivity contribution in [2.45, 2.75) is 30.9 Å². The van der Waals surface area contributed by atoms with E-state index < -0.39 is 30.1 Å². The lowest BCUT2D eigenvalue weighted by atomic mass is 9.93. The van der Waals surface area contributed by atoms with Crippen LogP contribution in [0.5, 0.6) is 0 Å². The van der Waals surface area contributed by atoms with Crippen molar-refractivity contribution < 1.29 is 35.9 Å². The first-order valence-corrected chi connectivity index (χ1v) is 5.73. The molecule has 0 radical (unpaired) electrons. The lowest BCUT2D eigenvalue weighted by Crippen LogP contribution is -2.63. The van der Waals surface area contributed by atoms with Crippen molar-refractivity contribution in [2.75, 3.05) is 4.90 Å². The fraction of sp³-hybridized carbons (Fsp3) is 0.417. The van der Waals surface area contributed by atoms with Crippen molar-refractivity contribution >= 4 is 11.8 Å². The minimum Gasteiger partial charge on any atom is -0.421 e. The number of carbonyl (C=O) groups is 1. The summed E-state index contributed by atoms with van der Waals surface area (Å²) in [6, 6.07) is 4.44. The van der Waals surface area contributed by atoms with Crippen molar-refractivity contribution in [3.63, 3.8) is 0 Å². The molecule has 2 rings (SSSR count). The van der Waals surface area contributed by atoms with Gasteiger partial charge in [0.25, 0.3) is 0 Å². The van der Waals surface area contributed by atoms with Gasteiger partial charge in [-0.2, -0.15) is 26.3 Å². The SMILES string of the molecule is CC1N(c2ccccc2)C(=O)OC1(C(F)(F)F)C(F)(F)F. The molecule has 1 fully saturated rings. The molecule has 1 aliphatic heterocycles. The first kappa shape index (κ1) is 15.5. The Morgan fingerprint density at radius 3 is 1.90 bits per heavy atom. The second-order valence-corrected chi connectivity index (χ2v) is 4.48. The van der Waals surface area contributed by atoms with Gasteiger partial charge in [-0.05, 0) is 19.1 Å². The zero-order chi connectivity index (χ0) is 16.1. The molecule has 0 saturated carbocycles. The zero-order valence-corrected chi connectivity index (χ0v) is 10.5. The van der Waals surface area contributed by atoms with Crippen molar-refractivity contribution in [2.24, 2.45) is 0 Å². The second kappa shape index (κ2) is 4.54. The highest BCUT2D eigenvalue weighted by atomic mass is 19.4. The molecule has 1 saturated heterocycles. The predicted molar refractivity (Wildman–Crippen MR) is 59.7 cm³/mol. The third-order valence-electron chi connectivity index (χ3n) is 3.30. The first-order valence-electron chi connectivity index (χ1n) is 5.73. The van der Waals surface area contributed by atoms with E-state index in [9.17, 15) is 31.1 Å². The van der Waals surface area contributed by atoms with Crippen LogP contribution in [0, 0.1) is 0 Å². The molecule has 0 N–H and O–H groups in total. The Kier molecular flexibility index (Phi) is 3.34. The molecule has 1 atom stereocenters. The number of cyclic esters (lactones) is 1. The molecule has 0 bridgehead atoms. The van der Waals surface area contributed by atoms with Gasteiger partial charge in [0.05, 0.1) is 6.04 Å². The van der Waals surface area contributed by atoms with Gasteiger partial charge in [-0.1, -0.05) is 18.2 Å². The highest BCUT2D eigenvalue weighted by Gasteiger charge is 2.81. The van der Waals surface area contributed by atoms with Gasteiger partial charge in [0.15, 0.2) is 0 Å². The number of nitrogens with zero attached hydrogens (tertiary/aromatic N) is 1. The Balaban J connectivity index is 2.56. The second-order valence-electron chi connectivity index (χ2n) is 4.48. The summed E-state index contributed by atoms with van der Waals surface area (Å²) in [5.74, 6) is 0. The van der Waals surface area contributed by atoms with Crippen LogP contribution in [0.15, 0.2) is 30.3 Å². The Bertz CT molecular complexity index is 525. The van der Waals surface area contributed by atoms with Gasteiger partial charge in [-0.15, -0.1) is 0 Å². The summed E-state index contributed by atoms with van der Waals surface area (Å²) < 4.78 is 81.8. The predicted octanol–water partition coefficient (Wildman–Crippen LogP) is 3.90. The Hall–Kier alpha value is -1.93. The summed E-state index contributed by atoms with van der Waals surface area (Å²) in [6.07, 6.45) is -13.3. The average Bonchev–Trinajstić information content (AvgIpc) is 2.62. The van der Waals surface area contributed by atoms with Crippen LogP contribution in [-0.4, -0.2) is 30.1 Å². The molecule has 1 unspecified atom stereocenters. The van der Waals surface area contributed by atoms with E-state index in [1.807, 2.05) is 0 Å². The number of halogens is 6. The van der Waals surface area contributed by atoms with E-state index in [4.69, 9.17) is 0 Å². The van der Waals surface area contributed by atoms with Crippen molar-refractivity contribution in [3.8, 4) is 0 Å². The fourth-order valence-corrected chi connectivity index (χ4v) is 2.28. The summed E-state index contributed by atoms with van der Waals surface area (Å²) in [7, 11) is 0. The number of hydrogen-bond donors (Lipinski definition) is 0. The molecule has 1 aliphatic rings. The molecule has 1 heterocycles. The lowest BCUT2D eigenvalue weighted by molar-refractivity contribution is -0.360. The van der Waals surface area contributed by atoms with Gasteiger partial charge in [-0.3, -0.25) is 4.90 Å². The number of carbonyl (C=O) groups excluding carboxylic acids is 1. The molecule has 21 heavy (non-hydrogen) atoms. The third kappa shape index (κ3) is 2.11. The van der Waals surface area contributed by atoms with Crippen LogP contribution in [0.2, 0.25) is 0 Å². The van der Waals surface area contributed by atoms with Gasteiger partial charge in [0, 0.05) is 5.69 Å². The Morgan fingerprint density at radius 1 is 1.05 bits per heavy atom. The van der Waals surface area contributed by atoms with Crippen molar-refractivity contribution in [1.29, 1.82) is 0 Å². The lowest BCUT2D eigenvalue weighted by Gasteiger charge is -2.35. The summed E-state index contributed by atoms with van der Waals surface area (Å²) in [4.78, 5) is 11.9. The Morgan fingerprint density at radius 2 is 1.52 bits per heavy atom. The molecular weight excluding hydrogens is 304 g/mol.